The third kappa shape index (κ3) is 17.5. The maximum Gasteiger partial charge on any atom is 0.508 e. The van der Waals surface area contributed by atoms with Crippen LogP contribution in [-0.4, -0.2) is 179 Å². The molecule has 24 nitrogen and oxygen atoms in total. The van der Waals surface area contributed by atoms with Gasteiger partial charge in [0.25, 0.3) is 0 Å². The molecule has 3 aromatic rings. The second-order valence-corrected chi connectivity index (χ2v) is 26.4. The van der Waals surface area contributed by atoms with Crippen LogP contribution in [0.5, 0.6) is 34.5 Å². The molecular weight excluding hydrogens is 1210 g/mol. The summed E-state index contributed by atoms with van der Waals surface area (Å²) in [5.41, 5.74) is -0.922. The predicted molar refractivity (Wildman–Crippen MR) is 333 cm³/mol. The topological polar surface area (TPSA) is 245 Å². The molecule has 0 N–H and O–H groups in total. The average molecular weight is 1310 g/mol. The fourth-order valence-corrected chi connectivity index (χ4v) is 11.6. The Morgan fingerprint density at radius 2 is 0.570 bits per heavy atom. The van der Waals surface area contributed by atoms with Crippen molar-refractivity contribution in [3.63, 3.8) is 0 Å². The summed E-state index contributed by atoms with van der Waals surface area (Å²) in [5, 5.41) is 0. The summed E-state index contributed by atoms with van der Waals surface area (Å²) in [6.45, 7) is 21.0. The first-order chi connectivity index (χ1) is 45.0. The standard InChI is InChI=1S/C69H98O24/c1-11-63(27-76-30-66(14-4)42-88-60(70)89-43-66)36-82-57(83-37-63)48-18-21-51(54(24-48)73-8)79-33-69(17-7,34-80-52-22-19-49(25-55(52)74-9)58-84-38-64(12-2,39-85-58)28-77-31-67(15-5)44-90-61(71)91-45-67)35-81-53-23-20-50(26-56(53)75-10)59-86-40-65(13-3,41-87-59)29-78-32-68(16-6)46-92-62(72)93-47-68/h18-26,57-59H,11-17,27-47H2,1-10H3. The number of cyclic esters (lactones) is 6. The minimum atomic E-state index is -0.803. The van der Waals surface area contributed by atoms with E-state index in [1.54, 1.807) is 21.3 Å². The van der Waals surface area contributed by atoms with Gasteiger partial charge in [0, 0.05) is 32.9 Å². The van der Waals surface area contributed by atoms with E-state index < -0.39 is 59.0 Å². The minimum Gasteiger partial charge on any atom is -0.493 e. The van der Waals surface area contributed by atoms with Gasteiger partial charge in [-0.1, -0.05) is 66.7 Å². The normalized spacial score (nSPS) is 26.5. The quantitative estimate of drug-likeness (QED) is 0.0398. The number of hydrogen-bond acceptors (Lipinski definition) is 24. The van der Waals surface area contributed by atoms with Crippen molar-refractivity contribution < 1.29 is 114 Å². The van der Waals surface area contributed by atoms with Gasteiger partial charge in [-0.15, -0.1) is 0 Å². The fraction of sp³-hybridized carbons (Fsp3) is 0.696. The molecule has 9 rings (SSSR count). The maximum absolute atomic E-state index is 11.6. The molecule has 6 aliphatic rings. The second-order valence-electron chi connectivity index (χ2n) is 26.4. The maximum atomic E-state index is 11.6. The summed E-state index contributed by atoms with van der Waals surface area (Å²) >= 11 is 0. The van der Waals surface area contributed by atoms with E-state index in [1.165, 1.54) is 0 Å². The van der Waals surface area contributed by atoms with Crippen molar-refractivity contribution >= 4 is 18.5 Å². The number of carbonyl (C=O) groups excluding carboxylic acids is 3. The highest BCUT2D eigenvalue weighted by Gasteiger charge is 2.45. The predicted octanol–water partition coefficient (Wildman–Crippen LogP) is 11.7. The Hall–Kier alpha value is -6.09. The largest absolute Gasteiger partial charge is 0.508 e. The van der Waals surface area contributed by atoms with E-state index in [4.69, 9.17) is 99.5 Å². The van der Waals surface area contributed by atoms with Crippen molar-refractivity contribution in [1.82, 2.24) is 0 Å². The number of rotatable bonds is 34. The van der Waals surface area contributed by atoms with Crippen LogP contribution < -0.4 is 28.4 Å². The van der Waals surface area contributed by atoms with E-state index >= 15 is 0 Å². The van der Waals surface area contributed by atoms with Gasteiger partial charge in [-0.2, -0.15) is 0 Å². The SMILES string of the molecule is CCC1(COCC2(CC)COC(c3ccc(OCC(CC)(COc4ccc(C5OCC(CC)(COCC6(CC)COC(=O)OC6)CO5)cc4OC)COc4ccc(C5OCC(CC)(COCC6(CC)COC(=O)OC6)CO5)cc4OC)c(OC)c3)OC2)COC(=O)OC1. The van der Waals surface area contributed by atoms with E-state index in [-0.39, 0.29) is 75.7 Å². The van der Waals surface area contributed by atoms with Gasteiger partial charge < -0.3 is 99.5 Å². The minimum absolute atomic E-state index is 0.129. The zero-order valence-corrected chi connectivity index (χ0v) is 56.0. The molecule has 93 heavy (non-hydrogen) atoms. The monoisotopic (exact) mass is 1310 g/mol. The van der Waals surface area contributed by atoms with Crippen LogP contribution in [0, 0.1) is 37.9 Å². The molecule has 6 heterocycles. The van der Waals surface area contributed by atoms with Crippen molar-refractivity contribution in [2.45, 2.75) is 112 Å². The van der Waals surface area contributed by atoms with Crippen LogP contribution in [0.2, 0.25) is 0 Å². The molecule has 6 aliphatic heterocycles. The van der Waals surface area contributed by atoms with Crippen LogP contribution in [0.4, 0.5) is 14.4 Å². The van der Waals surface area contributed by atoms with Gasteiger partial charge in [0.05, 0.1) is 122 Å². The molecule has 0 atom stereocenters. The second kappa shape index (κ2) is 32.1. The van der Waals surface area contributed by atoms with Gasteiger partial charge in [-0.25, -0.2) is 14.4 Å². The smallest absolute Gasteiger partial charge is 0.493 e. The molecule has 0 bridgehead atoms. The molecule has 0 aromatic heterocycles. The first-order valence-electron chi connectivity index (χ1n) is 32.7. The molecule has 3 aromatic carbocycles. The fourth-order valence-electron chi connectivity index (χ4n) is 11.6. The van der Waals surface area contributed by atoms with E-state index in [0.717, 1.165) is 55.2 Å². The Morgan fingerprint density at radius 3 is 0.774 bits per heavy atom. The van der Waals surface area contributed by atoms with Crippen LogP contribution in [0.1, 0.15) is 129 Å². The Labute approximate surface area is 546 Å². The van der Waals surface area contributed by atoms with Crippen LogP contribution >= 0.6 is 0 Å². The number of benzene rings is 3. The summed E-state index contributed by atoms with van der Waals surface area (Å²) < 4.78 is 127. The van der Waals surface area contributed by atoms with Gasteiger partial charge in [0.15, 0.2) is 53.4 Å². The Morgan fingerprint density at radius 1 is 0.344 bits per heavy atom. The summed E-state index contributed by atoms with van der Waals surface area (Å²) in [6, 6.07) is 16.9. The lowest BCUT2D eigenvalue weighted by molar-refractivity contribution is -0.247. The first-order valence-corrected chi connectivity index (χ1v) is 32.7. The van der Waals surface area contributed by atoms with Crippen molar-refractivity contribution in [2.24, 2.45) is 37.9 Å². The highest BCUT2D eigenvalue weighted by Crippen LogP contribution is 2.44. The van der Waals surface area contributed by atoms with E-state index in [9.17, 15) is 14.4 Å². The van der Waals surface area contributed by atoms with E-state index in [0.29, 0.717) is 120 Å². The molecule has 6 saturated heterocycles. The van der Waals surface area contributed by atoms with Gasteiger partial charge in [0.1, 0.15) is 59.5 Å². The Bertz CT molecular complexity index is 2560. The molecular formula is C69H98O24. The molecule has 0 radical (unpaired) electrons. The molecule has 0 unspecified atom stereocenters. The highest BCUT2D eigenvalue weighted by molar-refractivity contribution is 5.61. The lowest BCUT2D eigenvalue weighted by atomic mass is 9.85. The molecule has 24 heteroatoms. The van der Waals surface area contributed by atoms with Crippen molar-refractivity contribution in [3.05, 3.63) is 71.3 Å². The highest BCUT2D eigenvalue weighted by atomic mass is 16.8. The summed E-state index contributed by atoms with van der Waals surface area (Å²) in [5.74, 6) is 2.89. The van der Waals surface area contributed by atoms with Crippen LogP contribution in [0.3, 0.4) is 0 Å². The molecule has 6 fully saturated rings. The molecule has 518 valence electrons. The zero-order valence-electron chi connectivity index (χ0n) is 56.0. The van der Waals surface area contributed by atoms with Gasteiger partial charge in [-0.3, -0.25) is 0 Å². The van der Waals surface area contributed by atoms with Gasteiger partial charge in [0.2, 0.25) is 0 Å². The van der Waals surface area contributed by atoms with Crippen LogP contribution in [0.25, 0.3) is 0 Å². The third-order valence-corrected chi connectivity index (χ3v) is 19.9. The summed E-state index contributed by atoms with van der Waals surface area (Å²) in [4.78, 5) is 34.8. The van der Waals surface area contributed by atoms with Crippen molar-refractivity contribution in [2.75, 3.05) is 160 Å². The molecule has 0 saturated carbocycles. The number of hydrogen-bond donors (Lipinski definition) is 0. The van der Waals surface area contributed by atoms with E-state index in [2.05, 4.69) is 27.7 Å². The average Bonchev–Trinajstić information content (AvgIpc) is 0.883. The third-order valence-electron chi connectivity index (χ3n) is 19.9. The molecule has 0 spiro atoms. The number of carbonyl (C=O) groups is 3. The van der Waals surface area contributed by atoms with E-state index in [1.807, 2.05) is 75.4 Å². The van der Waals surface area contributed by atoms with Crippen LogP contribution in [0.15, 0.2) is 54.6 Å². The number of ether oxygens (including phenoxy) is 21. The summed E-state index contributed by atoms with van der Waals surface area (Å²) in [6.07, 6.45) is 1.05. The van der Waals surface area contributed by atoms with Gasteiger partial charge in [-0.05, 0) is 81.3 Å². The van der Waals surface area contributed by atoms with Crippen molar-refractivity contribution in [1.29, 1.82) is 0 Å². The Kier molecular flexibility index (Phi) is 24.6. The lowest BCUT2D eigenvalue weighted by Gasteiger charge is -2.41. The number of methoxy groups -OCH3 is 3. The molecule has 0 aliphatic carbocycles. The van der Waals surface area contributed by atoms with Crippen LogP contribution in [-0.2, 0) is 71.1 Å². The molecule has 0 amide bonds. The Balaban J connectivity index is 0.864. The summed E-state index contributed by atoms with van der Waals surface area (Å²) in [7, 11) is 4.77. The first kappa shape index (κ1) is 71.2. The van der Waals surface area contributed by atoms with Crippen molar-refractivity contribution in [3.8, 4) is 34.5 Å². The zero-order chi connectivity index (χ0) is 66.2. The van der Waals surface area contributed by atoms with Gasteiger partial charge >= 0.3 is 18.5 Å². The lowest BCUT2D eigenvalue weighted by Crippen LogP contribution is -2.45.